The molecule has 0 bridgehead atoms. The summed E-state index contributed by atoms with van der Waals surface area (Å²) >= 11 is 0. The van der Waals surface area contributed by atoms with Crippen LogP contribution in [0, 0.1) is 0 Å². The van der Waals surface area contributed by atoms with Gasteiger partial charge >= 0.3 is 0 Å². The van der Waals surface area contributed by atoms with Crippen molar-refractivity contribution >= 4 is 45.5 Å². The first-order valence-electron chi connectivity index (χ1n) is 7.38. The van der Waals surface area contributed by atoms with E-state index in [9.17, 15) is 0 Å². The minimum absolute atomic E-state index is 0.932. The van der Waals surface area contributed by atoms with E-state index in [2.05, 4.69) is 53.9 Å². The molecule has 1 aliphatic heterocycles. The monoisotopic (exact) mass is 283 g/mol. The highest BCUT2D eigenvalue weighted by atomic mass is 16.3. The number of hydrogen-bond acceptors (Lipinski definition) is 2. The van der Waals surface area contributed by atoms with Crippen LogP contribution in [0.2, 0.25) is 0 Å². The van der Waals surface area contributed by atoms with E-state index < -0.39 is 0 Å². The highest BCUT2D eigenvalue weighted by Gasteiger charge is 2.15. The topological polar surface area (TPSA) is 25.2 Å². The van der Waals surface area contributed by atoms with Crippen molar-refractivity contribution in [2.45, 2.75) is 0 Å². The van der Waals surface area contributed by atoms with Crippen molar-refractivity contribution in [3.8, 4) is 0 Å². The van der Waals surface area contributed by atoms with Gasteiger partial charge in [0.15, 0.2) is 0 Å². The molecule has 1 aromatic heterocycles. The minimum atomic E-state index is 0.932. The molecular formula is C20H13NO. The number of benzene rings is 3. The maximum atomic E-state index is 6.11. The summed E-state index contributed by atoms with van der Waals surface area (Å²) in [7, 11) is 0. The lowest BCUT2D eigenvalue weighted by molar-refractivity contribution is 0.668. The average molecular weight is 283 g/mol. The molecule has 0 unspecified atom stereocenters. The smallest absolute Gasteiger partial charge is 0.144 e. The third-order valence-electron chi connectivity index (χ3n) is 4.25. The van der Waals surface area contributed by atoms with E-state index in [1.54, 1.807) is 0 Å². The Kier molecular flexibility index (Phi) is 2.25. The van der Waals surface area contributed by atoms with Crippen molar-refractivity contribution in [2.75, 3.05) is 5.32 Å². The van der Waals surface area contributed by atoms with Crippen LogP contribution in [0.3, 0.4) is 0 Å². The molecule has 1 aliphatic rings. The van der Waals surface area contributed by atoms with Gasteiger partial charge in [0.05, 0.1) is 0 Å². The van der Waals surface area contributed by atoms with Crippen LogP contribution in [-0.2, 0) is 0 Å². The molecule has 104 valence electrons. The summed E-state index contributed by atoms with van der Waals surface area (Å²) in [6.45, 7) is 0. The van der Waals surface area contributed by atoms with Gasteiger partial charge in [-0.2, -0.15) is 0 Å². The van der Waals surface area contributed by atoms with Gasteiger partial charge in [0.25, 0.3) is 0 Å². The Hall–Kier alpha value is -3.00. The molecule has 2 nitrogen and oxygen atoms in total. The third-order valence-corrected chi connectivity index (χ3v) is 4.25. The molecule has 0 aliphatic carbocycles. The number of rotatable bonds is 0. The fourth-order valence-corrected chi connectivity index (χ4v) is 3.16. The molecule has 2 heterocycles. The van der Waals surface area contributed by atoms with Crippen molar-refractivity contribution in [2.24, 2.45) is 0 Å². The SMILES string of the molecule is C1=Cc2c(ccc3c2oc2ccccc23)Nc2ccccc21. The molecule has 1 N–H and O–H groups in total. The quantitative estimate of drug-likeness (QED) is 0.388. The first-order valence-corrected chi connectivity index (χ1v) is 7.38. The first-order chi connectivity index (χ1) is 10.9. The molecule has 4 aromatic rings. The summed E-state index contributed by atoms with van der Waals surface area (Å²) in [6.07, 6.45) is 4.28. The second-order valence-corrected chi connectivity index (χ2v) is 5.55. The fourth-order valence-electron chi connectivity index (χ4n) is 3.16. The molecule has 0 fully saturated rings. The van der Waals surface area contributed by atoms with Gasteiger partial charge in [-0.1, -0.05) is 42.5 Å². The number of para-hydroxylation sites is 2. The van der Waals surface area contributed by atoms with Crippen LogP contribution in [0.4, 0.5) is 11.4 Å². The normalized spacial score (nSPS) is 12.7. The predicted molar refractivity (Wildman–Crippen MR) is 92.4 cm³/mol. The van der Waals surface area contributed by atoms with Crippen molar-refractivity contribution in [3.63, 3.8) is 0 Å². The number of fused-ring (bicyclic) bond motifs is 6. The molecular weight excluding hydrogens is 270 g/mol. The molecule has 0 amide bonds. The molecule has 0 spiro atoms. The van der Waals surface area contributed by atoms with Crippen LogP contribution in [-0.4, -0.2) is 0 Å². The lowest BCUT2D eigenvalue weighted by Crippen LogP contribution is -1.92. The highest BCUT2D eigenvalue weighted by Crippen LogP contribution is 2.38. The maximum absolute atomic E-state index is 6.11. The molecule has 0 radical (unpaired) electrons. The average Bonchev–Trinajstić information content (AvgIpc) is 2.82. The van der Waals surface area contributed by atoms with Crippen LogP contribution < -0.4 is 5.32 Å². The summed E-state index contributed by atoms with van der Waals surface area (Å²) in [6, 6.07) is 20.8. The zero-order valence-corrected chi connectivity index (χ0v) is 11.8. The molecule has 0 saturated heterocycles. The van der Waals surface area contributed by atoms with E-state index in [0.29, 0.717) is 0 Å². The van der Waals surface area contributed by atoms with E-state index in [1.165, 1.54) is 5.56 Å². The molecule has 22 heavy (non-hydrogen) atoms. The van der Waals surface area contributed by atoms with Crippen LogP contribution >= 0.6 is 0 Å². The zero-order valence-electron chi connectivity index (χ0n) is 11.8. The van der Waals surface area contributed by atoms with E-state index in [1.807, 2.05) is 24.3 Å². The Morgan fingerprint density at radius 3 is 2.55 bits per heavy atom. The largest absolute Gasteiger partial charge is 0.455 e. The summed E-state index contributed by atoms with van der Waals surface area (Å²) in [5.41, 5.74) is 6.35. The summed E-state index contributed by atoms with van der Waals surface area (Å²) in [5.74, 6) is 0. The lowest BCUT2D eigenvalue weighted by atomic mass is 10.1. The van der Waals surface area contributed by atoms with Gasteiger partial charge in [-0.15, -0.1) is 0 Å². The van der Waals surface area contributed by atoms with Crippen molar-refractivity contribution in [3.05, 3.63) is 71.8 Å². The maximum Gasteiger partial charge on any atom is 0.144 e. The van der Waals surface area contributed by atoms with Gasteiger partial charge in [-0.25, -0.2) is 0 Å². The van der Waals surface area contributed by atoms with Crippen LogP contribution in [0.25, 0.3) is 34.1 Å². The number of anilines is 2. The van der Waals surface area contributed by atoms with Crippen molar-refractivity contribution in [1.29, 1.82) is 0 Å². The van der Waals surface area contributed by atoms with Gasteiger partial charge in [0, 0.05) is 27.7 Å². The molecule has 2 heteroatoms. The van der Waals surface area contributed by atoms with Gasteiger partial charge in [0.1, 0.15) is 11.2 Å². The van der Waals surface area contributed by atoms with Crippen LogP contribution in [0.1, 0.15) is 11.1 Å². The zero-order chi connectivity index (χ0) is 14.5. The van der Waals surface area contributed by atoms with E-state index in [0.717, 1.165) is 38.9 Å². The second-order valence-electron chi connectivity index (χ2n) is 5.55. The molecule has 0 saturated carbocycles. The predicted octanol–water partition coefficient (Wildman–Crippen LogP) is 5.81. The lowest BCUT2D eigenvalue weighted by Gasteiger charge is -2.09. The number of hydrogen-bond donors (Lipinski definition) is 1. The second kappa shape index (κ2) is 4.25. The Balaban J connectivity index is 1.85. The van der Waals surface area contributed by atoms with Crippen molar-refractivity contribution < 1.29 is 4.42 Å². The Morgan fingerprint density at radius 1 is 0.682 bits per heavy atom. The van der Waals surface area contributed by atoms with Crippen LogP contribution in [0.5, 0.6) is 0 Å². The highest BCUT2D eigenvalue weighted by molar-refractivity contribution is 6.10. The van der Waals surface area contributed by atoms with Gasteiger partial charge < -0.3 is 9.73 Å². The fraction of sp³-hybridized carbons (Fsp3) is 0. The van der Waals surface area contributed by atoms with Gasteiger partial charge in [-0.05, 0) is 35.9 Å². The number of nitrogens with one attached hydrogen (secondary N) is 1. The Bertz CT molecular complexity index is 1060. The van der Waals surface area contributed by atoms with E-state index in [4.69, 9.17) is 4.42 Å². The Morgan fingerprint density at radius 2 is 1.55 bits per heavy atom. The van der Waals surface area contributed by atoms with Crippen LogP contribution in [0.15, 0.2) is 65.1 Å². The minimum Gasteiger partial charge on any atom is -0.455 e. The standard InChI is InChI=1S/C20H13NO/c1-3-7-17-13(5-1)9-10-16-18(21-17)12-11-15-14-6-2-4-8-19(14)22-20(15)16/h1-12,21H. The van der Waals surface area contributed by atoms with Crippen molar-refractivity contribution in [1.82, 2.24) is 0 Å². The van der Waals surface area contributed by atoms with Gasteiger partial charge in [-0.3, -0.25) is 0 Å². The first kappa shape index (κ1) is 11.6. The third kappa shape index (κ3) is 1.55. The summed E-state index contributed by atoms with van der Waals surface area (Å²) in [4.78, 5) is 0. The van der Waals surface area contributed by atoms with Gasteiger partial charge in [0.2, 0.25) is 0 Å². The Labute approximate surface area is 127 Å². The molecule has 0 atom stereocenters. The summed E-state index contributed by atoms with van der Waals surface area (Å²) in [5, 5.41) is 5.84. The van der Waals surface area contributed by atoms with E-state index in [-0.39, 0.29) is 0 Å². The number of furan rings is 1. The summed E-state index contributed by atoms with van der Waals surface area (Å²) < 4.78 is 6.11. The molecule has 3 aromatic carbocycles. The van der Waals surface area contributed by atoms with E-state index >= 15 is 0 Å². The molecule has 5 rings (SSSR count).